The molecule has 0 spiro atoms. The first-order valence-corrected chi connectivity index (χ1v) is 9.29. The van der Waals surface area contributed by atoms with Crippen LogP contribution in [0.4, 0.5) is 0 Å². The van der Waals surface area contributed by atoms with Gasteiger partial charge in [0.2, 0.25) is 0 Å². The molecule has 3 aromatic rings. The molecule has 0 aliphatic rings. The molecule has 4 nitrogen and oxygen atoms in total. The highest BCUT2D eigenvalue weighted by atomic mass is 16.5. The maximum atomic E-state index is 11.3. The summed E-state index contributed by atoms with van der Waals surface area (Å²) in [5.74, 6) is 0. The van der Waals surface area contributed by atoms with Crippen molar-refractivity contribution in [1.82, 2.24) is 4.57 Å². The van der Waals surface area contributed by atoms with E-state index in [-0.39, 0.29) is 18.6 Å². The Morgan fingerprint density at radius 1 is 0.857 bits per heavy atom. The number of benzene rings is 2. The Balaban J connectivity index is 0.00000280. The quantitative estimate of drug-likeness (QED) is 0.492. The van der Waals surface area contributed by atoms with Crippen molar-refractivity contribution in [2.45, 2.75) is 59.6 Å². The molecule has 150 valence electrons. The first-order chi connectivity index (χ1) is 12.7. The van der Waals surface area contributed by atoms with Crippen LogP contribution in [0.25, 0.3) is 21.8 Å². The Morgan fingerprint density at radius 3 is 1.71 bits per heavy atom. The summed E-state index contributed by atoms with van der Waals surface area (Å²) < 4.78 is 8.25. The number of carbonyl (C=O) groups is 2. The fraction of sp³-hybridized carbons (Fsp3) is 0.417. The van der Waals surface area contributed by atoms with E-state index in [0.717, 1.165) is 40.8 Å². The van der Waals surface area contributed by atoms with Crippen LogP contribution >= 0.6 is 0 Å². The van der Waals surface area contributed by atoms with Gasteiger partial charge < -0.3 is 9.30 Å². The van der Waals surface area contributed by atoms with Crippen LogP contribution < -0.4 is 0 Å². The Labute approximate surface area is 167 Å². The highest BCUT2D eigenvalue weighted by Crippen LogP contribution is 2.36. The van der Waals surface area contributed by atoms with Crippen LogP contribution in [-0.2, 0) is 10.3 Å². The summed E-state index contributed by atoms with van der Waals surface area (Å²) in [6.07, 6.45) is 2.55. The van der Waals surface area contributed by atoms with E-state index in [4.69, 9.17) is 4.74 Å². The fourth-order valence-electron chi connectivity index (χ4n) is 3.58. The second-order valence-corrected chi connectivity index (χ2v) is 8.65. The molecular weight excluding hydrogens is 350 g/mol. The highest BCUT2D eigenvalue weighted by molar-refractivity contribution is 6.10. The molecule has 0 atom stereocenters. The minimum Gasteiger partial charge on any atom is -0.376 e. The average molecular weight is 382 g/mol. The van der Waals surface area contributed by atoms with Gasteiger partial charge in [0, 0.05) is 45.1 Å². The number of hydrogen-bond acceptors (Lipinski definition) is 3. The van der Waals surface area contributed by atoms with E-state index in [2.05, 4.69) is 39.2 Å². The number of aldehydes is 2. The predicted molar refractivity (Wildman–Crippen MR) is 117 cm³/mol. The predicted octanol–water partition coefficient (Wildman–Crippen LogP) is 6.00. The number of hydrogen-bond donors (Lipinski definition) is 0. The van der Waals surface area contributed by atoms with Crippen LogP contribution in [0.1, 0.15) is 69.2 Å². The molecule has 0 fully saturated rings. The van der Waals surface area contributed by atoms with Gasteiger partial charge in [-0.1, -0.05) is 7.43 Å². The maximum absolute atomic E-state index is 11.3. The van der Waals surface area contributed by atoms with Gasteiger partial charge in [0.05, 0.1) is 5.60 Å². The van der Waals surface area contributed by atoms with Gasteiger partial charge in [-0.2, -0.15) is 0 Å². The molecule has 4 heteroatoms. The third-order valence-corrected chi connectivity index (χ3v) is 4.94. The SMILES string of the molecule is C.CC(C)(C)OCCC(C)(C)n1c2ccc(C=O)cc2c2cc(C=O)ccc21. The normalized spacial score (nSPS) is 12.2. The Bertz CT molecular complexity index is 941. The Hall–Kier alpha value is -2.46. The lowest BCUT2D eigenvalue weighted by Crippen LogP contribution is -2.30. The second kappa shape index (κ2) is 7.88. The summed E-state index contributed by atoms with van der Waals surface area (Å²) in [5.41, 5.74) is 3.00. The molecule has 3 rings (SSSR count). The summed E-state index contributed by atoms with van der Waals surface area (Å²) in [6.45, 7) is 11.2. The van der Waals surface area contributed by atoms with Crippen molar-refractivity contribution in [3.8, 4) is 0 Å². The molecule has 2 aromatic carbocycles. The summed E-state index contributed by atoms with van der Waals surface area (Å²) in [4.78, 5) is 22.5. The van der Waals surface area contributed by atoms with E-state index >= 15 is 0 Å². The van der Waals surface area contributed by atoms with Gasteiger partial charge in [0.1, 0.15) is 12.6 Å². The van der Waals surface area contributed by atoms with Gasteiger partial charge in [-0.25, -0.2) is 0 Å². The number of carbonyl (C=O) groups excluding carboxylic acids is 2. The Kier molecular flexibility index (Phi) is 6.15. The number of aromatic nitrogens is 1. The van der Waals surface area contributed by atoms with Crippen molar-refractivity contribution in [1.29, 1.82) is 0 Å². The number of nitrogens with zero attached hydrogens (tertiary/aromatic N) is 1. The van der Waals surface area contributed by atoms with Crippen molar-refractivity contribution in [2.75, 3.05) is 6.61 Å². The molecule has 0 N–H and O–H groups in total. The van der Waals surface area contributed by atoms with E-state index in [1.165, 1.54) is 0 Å². The second-order valence-electron chi connectivity index (χ2n) is 8.65. The molecule has 1 heterocycles. The molecule has 0 saturated heterocycles. The molecule has 0 aliphatic heterocycles. The van der Waals surface area contributed by atoms with Gasteiger partial charge in [-0.05, 0) is 77.4 Å². The van der Waals surface area contributed by atoms with Crippen LogP contribution in [-0.4, -0.2) is 29.3 Å². The third kappa shape index (κ3) is 4.17. The van der Waals surface area contributed by atoms with Gasteiger partial charge >= 0.3 is 0 Å². The van der Waals surface area contributed by atoms with Crippen molar-refractivity contribution in [2.24, 2.45) is 0 Å². The van der Waals surface area contributed by atoms with Crippen molar-refractivity contribution in [3.05, 3.63) is 47.5 Å². The highest BCUT2D eigenvalue weighted by Gasteiger charge is 2.26. The molecule has 1 aromatic heterocycles. The van der Waals surface area contributed by atoms with E-state index in [1.807, 2.05) is 36.4 Å². The zero-order chi connectivity index (χ0) is 19.8. The lowest BCUT2D eigenvalue weighted by Gasteiger charge is -2.31. The van der Waals surface area contributed by atoms with Gasteiger partial charge in [0.15, 0.2) is 0 Å². The number of fused-ring (bicyclic) bond motifs is 3. The fourth-order valence-corrected chi connectivity index (χ4v) is 3.58. The molecule has 0 radical (unpaired) electrons. The largest absolute Gasteiger partial charge is 0.376 e. The first kappa shape index (κ1) is 21.8. The summed E-state index contributed by atoms with van der Waals surface area (Å²) in [7, 11) is 0. The summed E-state index contributed by atoms with van der Waals surface area (Å²) >= 11 is 0. The summed E-state index contributed by atoms with van der Waals surface area (Å²) in [6, 6.07) is 11.5. The maximum Gasteiger partial charge on any atom is 0.150 e. The van der Waals surface area contributed by atoms with Crippen LogP contribution in [0.3, 0.4) is 0 Å². The molecule has 0 unspecified atom stereocenters. The molecule has 0 amide bonds. The Morgan fingerprint density at radius 2 is 1.32 bits per heavy atom. The first-order valence-electron chi connectivity index (χ1n) is 9.29. The molecule has 0 bridgehead atoms. The van der Waals surface area contributed by atoms with E-state index in [0.29, 0.717) is 17.7 Å². The van der Waals surface area contributed by atoms with Gasteiger partial charge in [-0.15, -0.1) is 0 Å². The molecule has 0 saturated carbocycles. The van der Waals surface area contributed by atoms with Crippen LogP contribution in [0.2, 0.25) is 0 Å². The van der Waals surface area contributed by atoms with Gasteiger partial charge in [-0.3, -0.25) is 9.59 Å². The minimum atomic E-state index is -0.198. The molecule has 0 aliphatic carbocycles. The lowest BCUT2D eigenvalue weighted by atomic mass is 9.99. The third-order valence-electron chi connectivity index (χ3n) is 4.94. The number of rotatable bonds is 6. The average Bonchev–Trinajstić information content (AvgIpc) is 2.93. The monoisotopic (exact) mass is 381 g/mol. The molecule has 28 heavy (non-hydrogen) atoms. The van der Waals surface area contributed by atoms with Crippen molar-refractivity contribution >= 4 is 34.4 Å². The zero-order valence-electron chi connectivity index (χ0n) is 16.7. The van der Waals surface area contributed by atoms with Crippen molar-refractivity contribution in [3.63, 3.8) is 0 Å². The van der Waals surface area contributed by atoms with Crippen LogP contribution in [0, 0.1) is 0 Å². The van der Waals surface area contributed by atoms with E-state index < -0.39 is 0 Å². The zero-order valence-corrected chi connectivity index (χ0v) is 16.7. The van der Waals surface area contributed by atoms with Crippen LogP contribution in [0.15, 0.2) is 36.4 Å². The van der Waals surface area contributed by atoms with Crippen molar-refractivity contribution < 1.29 is 14.3 Å². The lowest BCUT2D eigenvalue weighted by molar-refractivity contribution is -0.0137. The number of ether oxygens (including phenoxy) is 1. The summed E-state index contributed by atoms with van der Waals surface area (Å²) in [5, 5.41) is 1.98. The molecular formula is C24H31NO3. The standard InChI is InChI=1S/C23H27NO3.CH4/c1-22(2,3)27-11-10-23(4,5)24-20-8-6-16(14-25)12-18(20)19-13-17(15-26)7-9-21(19)24;/h6-9,12-15H,10-11H2,1-5H3;1H4. The van der Waals surface area contributed by atoms with Gasteiger partial charge in [0.25, 0.3) is 0 Å². The van der Waals surface area contributed by atoms with Crippen LogP contribution in [0.5, 0.6) is 0 Å². The topological polar surface area (TPSA) is 48.3 Å². The van der Waals surface area contributed by atoms with E-state index in [9.17, 15) is 9.59 Å². The minimum absolute atomic E-state index is 0. The smallest absolute Gasteiger partial charge is 0.150 e. The van der Waals surface area contributed by atoms with E-state index in [1.54, 1.807) is 0 Å².